The maximum absolute atomic E-state index is 10.9. The van der Waals surface area contributed by atoms with Crippen LogP contribution in [0.2, 0.25) is 0 Å². The molecular formula is C11H15NO5S. The van der Waals surface area contributed by atoms with Crippen molar-refractivity contribution in [1.29, 1.82) is 0 Å². The molecule has 7 heteroatoms. The number of benzene rings is 1. The Hall–Kier alpha value is -1.44. The summed E-state index contributed by atoms with van der Waals surface area (Å²) in [7, 11) is -3.62. The van der Waals surface area contributed by atoms with Crippen molar-refractivity contribution in [2.75, 3.05) is 12.9 Å². The zero-order valence-corrected chi connectivity index (χ0v) is 10.9. The third-order valence-corrected chi connectivity index (χ3v) is 2.89. The highest BCUT2D eigenvalue weighted by Gasteiger charge is 2.25. The maximum Gasteiger partial charge on any atom is 0.264 e. The van der Waals surface area contributed by atoms with Gasteiger partial charge in [-0.3, -0.25) is 8.98 Å². The van der Waals surface area contributed by atoms with Gasteiger partial charge >= 0.3 is 0 Å². The fourth-order valence-electron chi connectivity index (χ4n) is 1.30. The highest BCUT2D eigenvalue weighted by molar-refractivity contribution is 7.85. The van der Waals surface area contributed by atoms with Gasteiger partial charge in [-0.1, -0.05) is 12.1 Å². The molecule has 0 aliphatic carbocycles. The molecule has 6 nitrogen and oxygen atoms in total. The summed E-state index contributed by atoms with van der Waals surface area (Å²) in [4.78, 5) is 10.9. The van der Waals surface area contributed by atoms with Crippen LogP contribution in [-0.2, 0) is 19.9 Å². The van der Waals surface area contributed by atoms with Crippen LogP contribution >= 0.6 is 0 Å². The van der Waals surface area contributed by atoms with E-state index in [0.29, 0.717) is 11.1 Å². The molecule has 0 saturated carbocycles. The van der Waals surface area contributed by atoms with Gasteiger partial charge in [0.2, 0.25) is 5.91 Å². The number of amides is 1. The number of primary amides is 1. The van der Waals surface area contributed by atoms with Crippen molar-refractivity contribution in [1.82, 2.24) is 0 Å². The Morgan fingerprint density at radius 3 is 2.28 bits per heavy atom. The molecule has 100 valence electrons. The fraction of sp³-hybridized carbons (Fsp3) is 0.364. The van der Waals surface area contributed by atoms with E-state index in [1.165, 1.54) is 31.2 Å². The molecule has 1 amide bonds. The molecule has 0 unspecified atom stereocenters. The highest BCUT2D eigenvalue weighted by atomic mass is 32.2. The third kappa shape index (κ3) is 4.10. The van der Waals surface area contributed by atoms with Gasteiger partial charge in [0.25, 0.3) is 10.1 Å². The van der Waals surface area contributed by atoms with Gasteiger partial charge in [0.05, 0.1) is 12.9 Å². The van der Waals surface area contributed by atoms with Crippen molar-refractivity contribution >= 4 is 16.0 Å². The van der Waals surface area contributed by atoms with E-state index < -0.39 is 28.2 Å². The molecule has 0 saturated heterocycles. The van der Waals surface area contributed by atoms with Gasteiger partial charge in [-0.15, -0.1) is 0 Å². The molecule has 1 atom stereocenters. The van der Waals surface area contributed by atoms with Gasteiger partial charge < -0.3 is 10.8 Å². The predicted octanol–water partition coefficient (Wildman–Crippen LogP) is -0.0308. The summed E-state index contributed by atoms with van der Waals surface area (Å²) < 4.78 is 26.3. The first-order valence-electron chi connectivity index (χ1n) is 5.09. The minimum absolute atomic E-state index is 0.304. The average Bonchev–Trinajstić information content (AvgIpc) is 2.26. The molecular weight excluding hydrogens is 258 g/mol. The summed E-state index contributed by atoms with van der Waals surface area (Å²) in [6, 6.07) is 5.89. The largest absolute Gasteiger partial charge is 0.383 e. The van der Waals surface area contributed by atoms with E-state index in [9.17, 15) is 18.3 Å². The standard InChI is InChI=1S/C11H15NO5S/c1-11(14,7-17-18(2,15)16)9-5-3-8(4-6-9)10(12)13/h3-6,14H,7H2,1-2H3,(H2,12,13)/t11-/m1/s1. The molecule has 0 aliphatic heterocycles. The third-order valence-electron chi connectivity index (χ3n) is 2.35. The van der Waals surface area contributed by atoms with E-state index in [1.54, 1.807) is 0 Å². The molecule has 0 spiro atoms. The molecule has 0 radical (unpaired) electrons. The van der Waals surface area contributed by atoms with Crippen molar-refractivity contribution in [2.45, 2.75) is 12.5 Å². The lowest BCUT2D eigenvalue weighted by Crippen LogP contribution is -2.29. The van der Waals surface area contributed by atoms with Crippen LogP contribution in [0.5, 0.6) is 0 Å². The molecule has 0 bridgehead atoms. The first kappa shape index (κ1) is 14.6. The van der Waals surface area contributed by atoms with Crippen molar-refractivity contribution < 1.29 is 22.5 Å². The van der Waals surface area contributed by atoms with Crippen molar-refractivity contribution in [3.8, 4) is 0 Å². The zero-order chi connectivity index (χ0) is 14.0. The second kappa shape index (κ2) is 5.05. The Kier molecular flexibility index (Phi) is 4.10. The Bertz CT molecular complexity index is 533. The summed E-state index contributed by atoms with van der Waals surface area (Å²) in [5.41, 5.74) is 4.34. The van der Waals surface area contributed by atoms with Crippen molar-refractivity contribution in [3.63, 3.8) is 0 Å². The molecule has 0 fully saturated rings. The summed E-state index contributed by atoms with van der Waals surface area (Å²) in [6.07, 6.45) is 0.902. The summed E-state index contributed by atoms with van der Waals surface area (Å²) in [6.45, 7) is 1.01. The Balaban J connectivity index is 2.88. The predicted molar refractivity (Wildman–Crippen MR) is 65.3 cm³/mol. The van der Waals surface area contributed by atoms with Crippen LogP contribution in [0.4, 0.5) is 0 Å². The fourth-order valence-corrected chi connectivity index (χ4v) is 1.74. The van der Waals surface area contributed by atoms with Crippen molar-refractivity contribution in [2.24, 2.45) is 5.73 Å². The number of hydrogen-bond donors (Lipinski definition) is 2. The quantitative estimate of drug-likeness (QED) is 0.733. The highest BCUT2D eigenvalue weighted by Crippen LogP contribution is 2.21. The minimum Gasteiger partial charge on any atom is -0.383 e. The second-order valence-corrected chi connectivity index (χ2v) is 5.83. The van der Waals surface area contributed by atoms with Crippen LogP contribution in [0, 0.1) is 0 Å². The first-order valence-corrected chi connectivity index (χ1v) is 6.90. The van der Waals surface area contributed by atoms with Gasteiger partial charge in [0.15, 0.2) is 0 Å². The molecule has 0 heterocycles. The van der Waals surface area contributed by atoms with Gasteiger partial charge in [-0.05, 0) is 24.6 Å². The molecule has 18 heavy (non-hydrogen) atoms. The molecule has 3 N–H and O–H groups in total. The lowest BCUT2D eigenvalue weighted by atomic mass is 9.96. The van der Waals surface area contributed by atoms with E-state index in [4.69, 9.17) is 5.73 Å². The molecule has 1 aromatic rings. The first-order chi connectivity index (χ1) is 8.12. The molecule has 1 aromatic carbocycles. The lowest BCUT2D eigenvalue weighted by Gasteiger charge is -2.23. The van der Waals surface area contributed by atoms with Gasteiger partial charge in [-0.2, -0.15) is 8.42 Å². The average molecular weight is 273 g/mol. The number of carbonyl (C=O) groups excluding carboxylic acids is 1. The smallest absolute Gasteiger partial charge is 0.264 e. The molecule has 1 rings (SSSR count). The second-order valence-electron chi connectivity index (χ2n) is 4.18. The monoisotopic (exact) mass is 273 g/mol. The summed E-state index contributed by atoms with van der Waals surface area (Å²) >= 11 is 0. The van der Waals surface area contributed by atoms with Crippen LogP contribution in [0.3, 0.4) is 0 Å². The summed E-state index contributed by atoms with van der Waals surface area (Å²) in [5, 5.41) is 10.1. The van der Waals surface area contributed by atoms with Crippen molar-refractivity contribution in [3.05, 3.63) is 35.4 Å². The van der Waals surface area contributed by atoms with Crippen LogP contribution in [0.1, 0.15) is 22.8 Å². The number of nitrogens with two attached hydrogens (primary N) is 1. The Morgan fingerprint density at radius 2 is 1.89 bits per heavy atom. The number of hydrogen-bond acceptors (Lipinski definition) is 5. The minimum atomic E-state index is -3.62. The zero-order valence-electron chi connectivity index (χ0n) is 10.1. The van der Waals surface area contributed by atoms with E-state index in [-0.39, 0.29) is 0 Å². The van der Waals surface area contributed by atoms with Gasteiger partial charge in [0.1, 0.15) is 5.60 Å². The van der Waals surface area contributed by atoms with Gasteiger partial charge in [0, 0.05) is 5.56 Å². The number of rotatable bonds is 5. The van der Waals surface area contributed by atoms with Gasteiger partial charge in [-0.25, -0.2) is 0 Å². The Morgan fingerprint density at radius 1 is 1.39 bits per heavy atom. The topological polar surface area (TPSA) is 107 Å². The molecule has 0 aliphatic rings. The lowest BCUT2D eigenvalue weighted by molar-refractivity contribution is 0.0101. The maximum atomic E-state index is 10.9. The SMILES string of the molecule is C[C@@](O)(COS(C)(=O)=O)c1ccc(C(N)=O)cc1. The van der Waals surface area contributed by atoms with E-state index in [1.807, 2.05) is 0 Å². The van der Waals surface area contributed by atoms with E-state index >= 15 is 0 Å². The normalized spacial score (nSPS) is 15.1. The van der Waals surface area contributed by atoms with Crippen LogP contribution in [-0.4, -0.2) is 32.3 Å². The summed E-state index contributed by atoms with van der Waals surface area (Å²) in [5.74, 6) is -0.575. The number of aliphatic hydroxyl groups is 1. The van der Waals surface area contributed by atoms with Crippen LogP contribution in [0.15, 0.2) is 24.3 Å². The van der Waals surface area contributed by atoms with E-state index in [2.05, 4.69) is 4.18 Å². The molecule has 0 aromatic heterocycles. The van der Waals surface area contributed by atoms with Crippen LogP contribution < -0.4 is 5.73 Å². The Labute approximate surface area is 105 Å². The number of carbonyl (C=O) groups is 1. The van der Waals surface area contributed by atoms with Crippen LogP contribution in [0.25, 0.3) is 0 Å². The van der Waals surface area contributed by atoms with E-state index in [0.717, 1.165) is 6.26 Å².